The second-order valence-corrected chi connectivity index (χ2v) is 7.23. The summed E-state index contributed by atoms with van der Waals surface area (Å²) in [7, 11) is -3.25. The Morgan fingerprint density at radius 1 is 1.12 bits per heavy atom. The number of nitrogens with one attached hydrogen (secondary N) is 2. The lowest BCUT2D eigenvalue weighted by atomic mass is 10.2. The minimum Gasteiger partial charge on any atom is -0.364 e. The predicted molar refractivity (Wildman–Crippen MR) is 95.9 cm³/mol. The van der Waals surface area contributed by atoms with Crippen molar-refractivity contribution in [1.29, 1.82) is 0 Å². The van der Waals surface area contributed by atoms with E-state index in [4.69, 9.17) is 9.05 Å². The van der Waals surface area contributed by atoms with E-state index in [1.165, 1.54) is 6.33 Å². The van der Waals surface area contributed by atoms with E-state index < -0.39 is 7.60 Å². The van der Waals surface area contributed by atoms with Crippen LogP contribution in [0.3, 0.4) is 0 Å². The lowest BCUT2D eigenvalue weighted by Crippen LogP contribution is -2.11. The van der Waals surface area contributed by atoms with E-state index in [0.29, 0.717) is 30.9 Å². The van der Waals surface area contributed by atoms with Crippen LogP contribution < -0.4 is 10.6 Å². The standard InChI is InChI=1S/C16H20N5O3P/c1-3-23-25(22,24-4-2)13-7-5-12(6-8-13)9-17-16-15-14(10-20-21-15)18-11-19-16/h5-8,10-11H,3-4,9H2,1-2H3,(H,20,21)(H,17,18,19). The molecule has 0 radical (unpaired) electrons. The average molecular weight is 361 g/mol. The van der Waals surface area contributed by atoms with Gasteiger partial charge in [-0.25, -0.2) is 9.97 Å². The topological polar surface area (TPSA) is 102 Å². The van der Waals surface area contributed by atoms with Gasteiger partial charge < -0.3 is 14.4 Å². The number of hydrogen-bond acceptors (Lipinski definition) is 7. The van der Waals surface area contributed by atoms with Crippen molar-refractivity contribution < 1.29 is 13.6 Å². The maximum Gasteiger partial charge on any atom is 0.361 e. The van der Waals surface area contributed by atoms with Crippen LogP contribution in [0.4, 0.5) is 5.82 Å². The molecule has 0 fully saturated rings. The summed E-state index contributed by atoms with van der Waals surface area (Å²) in [6.07, 6.45) is 3.14. The van der Waals surface area contributed by atoms with Gasteiger partial charge in [0.05, 0.1) is 24.7 Å². The summed E-state index contributed by atoms with van der Waals surface area (Å²) in [5.74, 6) is 0.681. The smallest absolute Gasteiger partial charge is 0.361 e. The van der Waals surface area contributed by atoms with Gasteiger partial charge in [-0.3, -0.25) is 9.66 Å². The molecule has 1 aromatic carbocycles. The third-order valence-electron chi connectivity index (χ3n) is 3.55. The lowest BCUT2D eigenvalue weighted by molar-refractivity contribution is 0.230. The summed E-state index contributed by atoms with van der Waals surface area (Å²) in [5.41, 5.74) is 2.52. The summed E-state index contributed by atoms with van der Waals surface area (Å²) in [6, 6.07) is 7.32. The van der Waals surface area contributed by atoms with Crippen LogP contribution in [0.2, 0.25) is 0 Å². The molecule has 0 saturated heterocycles. The van der Waals surface area contributed by atoms with E-state index in [9.17, 15) is 4.57 Å². The summed E-state index contributed by atoms with van der Waals surface area (Å²) in [5, 5.41) is 10.6. The lowest BCUT2D eigenvalue weighted by Gasteiger charge is -2.17. The normalized spacial score (nSPS) is 11.8. The second-order valence-electron chi connectivity index (χ2n) is 5.21. The Bertz CT molecular complexity index is 871. The van der Waals surface area contributed by atoms with Crippen LogP contribution in [0, 0.1) is 0 Å². The Labute approximate surface area is 145 Å². The molecule has 0 aliphatic carbocycles. The molecule has 2 N–H and O–H groups in total. The van der Waals surface area contributed by atoms with Gasteiger partial charge in [0, 0.05) is 6.54 Å². The van der Waals surface area contributed by atoms with Gasteiger partial charge in [-0.15, -0.1) is 0 Å². The number of aromatic amines is 1. The van der Waals surface area contributed by atoms with Crippen molar-refractivity contribution in [2.45, 2.75) is 20.4 Å². The number of H-pyrrole nitrogens is 1. The van der Waals surface area contributed by atoms with Crippen molar-refractivity contribution in [1.82, 2.24) is 20.2 Å². The average Bonchev–Trinajstić information content (AvgIpc) is 3.10. The molecule has 2 heterocycles. The molecule has 0 spiro atoms. The van der Waals surface area contributed by atoms with Crippen molar-refractivity contribution in [2.24, 2.45) is 0 Å². The molecule has 0 aliphatic heterocycles. The van der Waals surface area contributed by atoms with Gasteiger partial charge in [-0.1, -0.05) is 12.1 Å². The van der Waals surface area contributed by atoms with Crippen molar-refractivity contribution in [3.63, 3.8) is 0 Å². The van der Waals surface area contributed by atoms with Crippen LogP contribution in [-0.4, -0.2) is 33.4 Å². The molecular weight excluding hydrogens is 341 g/mol. The molecule has 3 aromatic rings. The summed E-state index contributed by atoms with van der Waals surface area (Å²) < 4.78 is 23.4. The predicted octanol–water partition coefficient (Wildman–Crippen LogP) is 2.86. The Hall–Kier alpha value is -2.28. The van der Waals surface area contributed by atoms with Crippen LogP contribution in [0.5, 0.6) is 0 Å². The first kappa shape index (κ1) is 17.5. The van der Waals surface area contributed by atoms with Gasteiger partial charge in [0.1, 0.15) is 17.4 Å². The molecule has 0 saturated carbocycles. The monoisotopic (exact) mass is 361 g/mol. The van der Waals surface area contributed by atoms with Crippen molar-refractivity contribution >= 4 is 29.8 Å². The van der Waals surface area contributed by atoms with Crippen molar-refractivity contribution in [3.05, 3.63) is 42.4 Å². The molecule has 9 heteroatoms. The highest BCUT2D eigenvalue weighted by Gasteiger charge is 2.26. The number of rotatable bonds is 8. The van der Waals surface area contributed by atoms with Gasteiger partial charge in [-0.05, 0) is 31.5 Å². The quantitative estimate of drug-likeness (QED) is 0.595. The van der Waals surface area contributed by atoms with E-state index >= 15 is 0 Å². The first-order valence-corrected chi connectivity index (χ1v) is 9.57. The fourth-order valence-electron chi connectivity index (χ4n) is 2.41. The number of benzene rings is 1. The van der Waals surface area contributed by atoms with Crippen LogP contribution in [0.25, 0.3) is 11.0 Å². The largest absolute Gasteiger partial charge is 0.364 e. The summed E-state index contributed by atoms with van der Waals surface area (Å²) in [6.45, 7) is 4.80. The number of hydrogen-bond donors (Lipinski definition) is 2. The molecule has 8 nitrogen and oxygen atoms in total. The Morgan fingerprint density at radius 3 is 2.52 bits per heavy atom. The minimum absolute atomic E-state index is 0.328. The SMILES string of the molecule is CCOP(=O)(OCC)c1ccc(CNc2ncnc3cn[nH]c23)cc1. The van der Waals surface area contributed by atoms with E-state index in [1.54, 1.807) is 32.2 Å². The molecule has 0 aliphatic rings. The summed E-state index contributed by atoms with van der Waals surface area (Å²) in [4.78, 5) is 8.35. The van der Waals surface area contributed by atoms with Crippen LogP contribution in [-0.2, 0) is 20.2 Å². The highest BCUT2D eigenvalue weighted by atomic mass is 31.2. The third-order valence-corrected chi connectivity index (χ3v) is 5.68. The fraction of sp³-hybridized carbons (Fsp3) is 0.312. The highest BCUT2D eigenvalue weighted by Crippen LogP contribution is 2.46. The van der Waals surface area contributed by atoms with E-state index in [1.807, 2.05) is 12.1 Å². The number of fused-ring (bicyclic) bond motifs is 1. The van der Waals surface area contributed by atoms with Gasteiger partial charge >= 0.3 is 7.60 Å². The third kappa shape index (κ3) is 3.87. The van der Waals surface area contributed by atoms with Crippen LogP contribution in [0.1, 0.15) is 19.4 Å². The number of nitrogens with zero attached hydrogens (tertiary/aromatic N) is 3. The zero-order valence-electron chi connectivity index (χ0n) is 14.1. The molecule has 0 unspecified atom stereocenters. The van der Waals surface area contributed by atoms with Crippen molar-refractivity contribution in [2.75, 3.05) is 18.5 Å². The molecule has 2 aromatic heterocycles. The van der Waals surface area contributed by atoms with E-state index in [0.717, 1.165) is 16.6 Å². The Kier molecular flexibility index (Phi) is 5.43. The maximum atomic E-state index is 12.7. The molecule has 3 rings (SSSR count). The number of anilines is 1. The van der Waals surface area contributed by atoms with Crippen LogP contribution in [0.15, 0.2) is 36.8 Å². The molecule has 0 bridgehead atoms. The first-order chi connectivity index (χ1) is 12.2. The minimum atomic E-state index is -3.25. The van der Waals surface area contributed by atoms with E-state index in [2.05, 4.69) is 25.5 Å². The summed E-state index contributed by atoms with van der Waals surface area (Å²) >= 11 is 0. The van der Waals surface area contributed by atoms with E-state index in [-0.39, 0.29) is 0 Å². The van der Waals surface area contributed by atoms with Gasteiger partial charge in [0.25, 0.3) is 0 Å². The fourth-order valence-corrected chi connectivity index (χ4v) is 3.97. The van der Waals surface area contributed by atoms with Gasteiger partial charge in [-0.2, -0.15) is 5.10 Å². The number of aromatic nitrogens is 4. The van der Waals surface area contributed by atoms with Crippen LogP contribution >= 0.6 is 7.60 Å². The van der Waals surface area contributed by atoms with Gasteiger partial charge in [0.15, 0.2) is 5.82 Å². The Balaban J connectivity index is 1.72. The molecule has 0 amide bonds. The zero-order valence-corrected chi connectivity index (χ0v) is 15.0. The Morgan fingerprint density at radius 2 is 1.84 bits per heavy atom. The zero-order chi connectivity index (χ0) is 17.7. The maximum absolute atomic E-state index is 12.7. The first-order valence-electron chi connectivity index (χ1n) is 8.03. The van der Waals surface area contributed by atoms with Crippen molar-refractivity contribution in [3.8, 4) is 0 Å². The molecular formula is C16H20N5O3P. The molecule has 0 atom stereocenters. The molecule has 132 valence electrons. The molecule has 25 heavy (non-hydrogen) atoms. The second kappa shape index (κ2) is 7.74. The highest BCUT2D eigenvalue weighted by molar-refractivity contribution is 7.62. The van der Waals surface area contributed by atoms with Gasteiger partial charge in [0.2, 0.25) is 0 Å².